The lowest BCUT2D eigenvalue weighted by molar-refractivity contribution is -0.384. The van der Waals surface area contributed by atoms with Gasteiger partial charge in [-0.05, 0) is 126 Å². The molecule has 5 aliphatic rings. The van der Waals surface area contributed by atoms with Gasteiger partial charge in [-0.15, -0.1) is 0 Å². The van der Waals surface area contributed by atoms with Crippen LogP contribution in [0.15, 0.2) is 163 Å². The van der Waals surface area contributed by atoms with Gasteiger partial charge in [0.15, 0.2) is 0 Å². The first-order valence-electron chi connectivity index (χ1n) is 25.9. The van der Waals surface area contributed by atoms with Crippen molar-refractivity contribution >= 4 is 46.6 Å². The topological polar surface area (TPSA) is 190 Å². The Hall–Kier alpha value is -8.62. The van der Waals surface area contributed by atoms with Crippen LogP contribution in [0.25, 0.3) is 0 Å². The Bertz CT molecular complexity index is 3300. The monoisotopic (exact) mass is 1030 g/mol. The number of carbonyl (C=O) groups is 4. The van der Waals surface area contributed by atoms with Crippen LogP contribution < -0.4 is 19.9 Å². The summed E-state index contributed by atoms with van der Waals surface area (Å²) in [6, 6.07) is 40.2. The van der Waals surface area contributed by atoms with Gasteiger partial charge in [0.2, 0.25) is 11.8 Å². The fraction of sp³-hybridized carbons (Fsp3) is 0.279. The molecule has 16 heteroatoms. The number of fused-ring (bicyclic) bond motifs is 3. The predicted octanol–water partition coefficient (Wildman–Crippen LogP) is 9.30. The Morgan fingerprint density at radius 2 is 1.53 bits per heavy atom. The molecule has 390 valence electrons. The summed E-state index contributed by atoms with van der Waals surface area (Å²) < 4.78 is 24.3. The Morgan fingerprint density at radius 1 is 0.805 bits per heavy atom. The van der Waals surface area contributed by atoms with Gasteiger partial charge in [-0.25, -0.2) is 9.69 Å². The fourth-order valence-electron chi connectivity index (χ4n) is 11.7. The van der Waals surface area contributed by atoms with Gasteiger partial charge in [0.1, 0.15) is 36.5 Å². The molecular weight excluding hydrogens is 979 g/mol. The zero-order chi connectivity index (χ0) is 53.0. The Kier molecular flexibility index (Phi) is 14.4. The van der Waals surface area contributed by atoms with Crippen molar-refractivity contribution in [3.8, 4) is 17.6 Å². The first-order valence-corrected chi connectivity index (χ1v) is 25.9. The number of rotatable bonds is 12. The van der Waals surface area contributed by atoms with E-state index in [-0.39, 0.29) is 36.8 Å². The second-order valence-electron chi connectivity index (χ2n) is 19.6. The van der Waals surface area contributed by atoms with Crippen LogP contribution in [0.4, 0.5) is 27.5 Å². The summed E-state index contributed by atoms with van der Waals surface area (Å²) >= 11 is 0. The molecule has 1 aliphatic carbocycles. The number of benzene rings is 6. The van der Waals surface area contributed by atoms with Crippen LogP contribution in [0, 0.1) is 27.9 Å². The van der Waals surface area contributed by atoms with E-state index in [1.807, 2.05) is 77.7 Å². The van der Waals surface area contributed by atoms with Gasteiger partial charge in [-0.2, -0.15) is 0 Å². The molecule has 2 N–H and O–H groups in total. The minimum Gasteiger partial charge on any atom is -0.491 e. The molecule has 77 heavy (non-hydrogen) atoms. The standard InChI is InChI=1S/C61H55N5O11/c67-33-36-75-49-18-10-17-45(38-49)56-61(50-37-41(20-19-40-11-4-1-5-12-40)23-30-51(50)64(59(61)70)60(71)76-39-42-21-26-48(27-22-42)66(72)73)52(57(68)62-46-24-28-47(29-25-46)63-31-34-74-35-32-63)54-58(69)77-55(44-15-8-3-9-16-44)53(65(54)56)43-13-6-2-7-14-43/h2-3,6-11,13-18,21-30,37-38,52-56,67H,1,4-5,12,31-36,39H2,(H,62,68). The van der Waals surface area contributed by atoms with Gasteiger partial charge in [0.05, 0.1) is 48.4 Å². The summed E-state index contributed by atoms with van der Waals surface area (Å²) in [6.07, 6.45) is 3.85. The highest BCUT2D eigenvalue weighted by atomic mass is 16.6. The molecule has 11 rings (SSSR count). The molecule has 3 amide bonds. The third kappa shape index (κ3) is 9.69. The molecule has 3 saturated heterocycles. The summed E-state index contributed by atoms with van der Waals surface area (Å²) in [5.41, 5.74) is 3.12. The SMILES string of the molecule is O=C1OC(c2ccccc2)C(c2ccccc2)N2C1C(C(=O)Nc1ccc(N3CCOCC3)cc1)C1(C(=O)N(C(=O)OCc3ccc([N+](=O)[O-])cc3)c3ccc(C#CC4=CCCCC4)cc31)C2c1cccc(OCCO)c1. The number of nitrogens with one attached hydrogen (secondary N) is 1. The zero-order valence-corrected chi connectivity index (χ0v) is 42.0. The summed E-state index contributed by atoms with van der Waals surface area (Å²) in [7, 11) is 0. The maximum absolute atomic E-state index is 16.8. The number of anilines is 3. The van der Waals surface area contributed by atoms with Crippen LogP contribution in [-0.4, -0.2) is 84.4 Å². The second-order valence-corrected chi connectivity index (χ2v) is 19.6. The van der Waals surface area contributed by atoms with Crippen LogP contribution in [0.1, 0.15) is 77.3 Å². The number of aliphatic hydroxyl groups excluding tert-OH is 1. The van der Waals surface area contributed by atoms with Gasteiger partial charge < -0.3 is 34.3 Å². The molecule has 0 bridgehead atoms. The third-order valence-electron chi connectivity index (χ3n) is 15.1. The summed E-state index contributed by atoms with van der Waals surface area (Å²) in [6.45, 7) is 1.82. The fourth-order valence-corrected chi connectivity index (χ4v) is 11.7. The molecule has 6 atom stereocenters. The largest absolute Gasteiger partial charge is 0.491 e. The number of esters is 1. The number of nitro benzene ring substituents is 1. The van der Waals surface area contributed by atoms with Crippen LogP contribution in [0.3, 0.4) is 0 Å². The number of hydrogen-bond donors (Lipinski definition) is 2. The number of non-ortho nitro benzene ring substituents is 1. The average molecular weight is 1030 g/mol. The maximum atomic E-state index is 16.8. The minimum atomic E-state index is -2.14. The number of amides is 3. The number of nitrogens with zero attached hydrogens (tertiary/aromatic N) is 4. The first kappa shape index (κ1) is 50.5. The number of imide groups is 1. The number of nitro groups is 1. The Balaban J connectivity index is 1.15. The van der Waals surface area contributed by atoms with Crippen molar-refractivity contribution in [2.75, 3.05) is 54.6 Å². The van der Waals surface area contributed by atoms with E-state index in [0.717, 1.165) is 47.4 Å². The summed E-state index contributed by atoms with van der Waals surface area (Å²) in [5.74, 6) is 3.10. The molecule has 16 nitrogen and oxygen atoms in total. The van der Waals surface area contributed by atoms with E-state index < -0.39 is 64.4 Å². The molecule has 4 aliphatic heterocycles. The van der Waals surface area contributed by atoms with Crippen molar-refractivity contribution in [3.05, 3.63) is 207 Å². The first-order chi connectivity index (χ1) is 37.6. The quantitative estimate of drug-likeness (QED) is 0.0511. The van der Waals surface area contributed by atoms with Gasteiger partial charge in [0.25, 0.3) is 5.69 Å². The maximum Gasteiger partial charge on any atom is 0.421 e. The van der Waals surface area contributed by atoms with Crippen molar-refractivity contribution in [3.63, 3.8) is 0 Å². The van der Waals surface area contributed by atoms with Crippen molar-refractivity contribution in [2.24, 2.45) is 5.92 Å². The van der Waals surface area contributed by atoms with Gasteiger partial charge >= 0.3 is 12.1 Å². The molecule has 0 radical (unpaired) electrons. The molecule has 1 spiro atoms. The molecule has 6 unspecified atom stereocenters. The van der Waals surface area contributed by atoms with Crippen LogP contribution in [0.5, 0.6) is 5.75 Å². The van der Waals surface area contributed by atoms with E-state index in [1.165, 1.54) is 24.3 Å². The molecule has 6 aromatic carbocycles. The van der Waals surface area contributed by atoms with E-state index >= 15 is 19.2 Å². The van der Waals surface area contributed by atoms with E-state index in [9.17, 15) is 15.2 Å². The van der Waals surface area contributed by atoms with Gasteiger partial charge in [0, 0.05) is 42.2 Å². The van der Waals surface area contributed by atoms with E-state index in [4.69, 9.17) is 18.9 Å². The highest BCUT2D eigenvalue weighted by Gasteiger charge is 2.76. The van der Waals surface area contributed by atoms with E-state index in [0.29, 0.717) is 60.0 Å². The molecule has 4 heterocycles. The van der Waals surface area contributed by atoms with Crippen molar-refractivity contribution < 1.29 is 48.2 Å². The molecular formula is C61H55N5O11. The second kappa shape index (κ2) is 21.9. The number of morpholine rings is 2. The molecule has 0 aromatic heterocycles. The van der Waals surface area contributed by atoms with Crippen LogP contribution >= 0.6 is 0 Å². The van der Waals surface area contributed by atoms with E-state index in [2.05, 4.69) is 28.1 Å². The minimum absolute atomic E-state index is 0.0510. The van der Waals surface area contributed by atoms with Crippen molar-refractivity contribution in [1.29, 1.82) is 0 Å². The summed E-state index contributed by atoms with van der Waals surface area (Å²) in [4.78, 5) is 79.7. The Labute approximate surface area is 444 Å². The average Bonchev–Trinajstić information content (AvgIpc) is 4.14. The van der Waals surface area contributed by atoms with Gasteiger partial charge in [-0.1, -0.05) is 90.7 Å². The lowest BCUT2D eigenvalue weighted by Crippen LogP contribution is -2.54. The number of carbonyl (C=O) groups excluding carboxylic acids is 4. The normalized spacial score (nSPS) is 22.7. The summed E-state index contributed by atoms with van der Waals surface area (Å²) in [5, 5.41) is 24.5. The lowest BCUT2D eigenvalue weighted by atomic mass is 9.65. The highest BCUT2D eigenvalue weighted by molar-refractivity contribution is 6.24. The number of cyclic esters (lactones) is 1. The highest BCUT2D eigenvalue weighted by Crippen LogP contribution is 2.66. The number of allylic oxidation sites excluding steroid dienone is 2. The smallest absolute Gasteiger partial charge is 0.421 e. The van der Waals surface area contributed by atoms with Crippen LogP contribution in [-0.2, 0) is 40.6 Å². The number of hydrogen-bond acceptors (Lipinski definition) is 13. The van der Waals surface area contributed by atoms with Gasteiger partial charge in [-0.3, -0.25) is 29.4 Å². The molecule has 0 saturated carbocycles. The van der Waals surface area contributed by atoms with Crippen LogP contribution in [0.2, 0.25) is 0 Å². The number of ether oxygens (including phenoxy) is 4. The third-order valence-corrected chi connectivity index (χ3v) is 15.1. The zero-order valence-electron chi connectivity index (χ0n) is 42.0. The molecule has 6 aromatic rings. The number of aliphatic hydroxyl groups is 1. The van der Waals surface area contributed by atoms with Crippen molar-refractivity contribution in [1.82, 2.24) is 4.90 Å². The Morgan fingerprint density at radius 3 is 2.23 bits per heavy atom. The van der Waals surface area contributed by atoms with Crippen molar-refractivity contribution in [2.45, 2.75) is 61.9 Å². The van der Waals surface area contributed by atoms with E-state index in [1.54, 1.807) is 54.6 Å². The lowest BCUT2D eigenvalue weighted by Gasteiger charge is -2.46. The molecule has 3 fully saturated rings. The predicted molar refractivity (Wildman–Crippen MR) is 286 cm³/mol.